The third kappa shape index (κ3) is 4.37. The van der Waals surface area contributed by atoms with Crippen molar-refractivity contribution in [1.29, 1.82) is 0 Å². The molecule has 5 heteroatoms. The molecule has 2 aliphatic rings. The van der Waals surface area contributed by atoms with Gasteiger partial charge in [-0.1, -0.05) is 12.1 Å². The fraction of sp³-hybridized carbons (Fsp3) is 0.333. The highest BCUT2D eigenvalue weighted by Gasteiger charge is 2.23. The second-order valence-electron chi connectivity index (χ2n) is 5.58. The minimum Gasteiger partial charge on any atom is -0.491 e. The van der Waals surface area contributed by atoms with E-state index in [1.54, 1.807) is 0 Å². The van der Waals surface area contributed by atoms with Crippen LogP contribution in [-0.2, 0) is 9.47 Å². The van der Waals surface area contributed by atoms with Gasteiger partial charge < -0.3 is 23.7 Å². The van der Waals surface area contributed by atoms with E-state index in [1.807, 2.05) is 48.5 Å². The highest BCUT2D eigenvalue weighted by atomic mass is 16.6. The minimum absolute atomic E-state index is 0.240. The van der Waals surface area contributed by atoms with Crippen LogP contribution in [0.15, 0.2) is 48.5 Å². The topological polar surface area (TPSA) is 52.8 Å². The monoisotopic (exact) mass is 314 g/mol. The molecule has 2 heterocycles. The molecule has 2 aromatic rings. The molecule has 0 N–H and O–H groups in total. The first kappa shape index (κ1) is 14.4. The Bertz CT molecular complexity index is 606. The predicted molar refractivity (Wildman–Crippen MR) is 83.4 cm³/mol. The lowest BCUT2D eigenvalue weighted by Gasteiger charge is -2.10. The number of epoxide rings is 2. The predicted octanol–water partition coefficient (Wildman–Crippen LogP) is 3.03. The fourth-order valence-electron chi connectivity index (χ4n) is 2.10. The first-order valence-electron chi connectivity index (χ1n) is 7.72. The van der Waals surface area contributed by atoms with E-state index in [4.69, 9.17) is 23.7 Å². The van der Waals surface area contributed by atoms with Gasteiger partial charge in [0.2, 0.25) is 0 Å². The Kier molecular flexibility index (Phi) is 4.05. The summed E-state index contributed by atoms with van der Waals surface area (Å²) in [4.78, 5) is 0. The third-order valence-electron chi connectivity index (χ3n) is 3.52. The van der Waals surface area contributed by atoms with Gasteiger partial charge in [0.05, 0.1) is 13.2 Å². The Balaban J connectivity index is 1.37. The van der Waals surface area contributed by atoms with Crippen LogP contribution < -0.4 is 14.2 Å². The van der Waals surface area contributed by atoms with Gasteiger partial charge in [0.1, 0.15) is 48.4 Å². The Morgan fingerprint density at radius 2 is 1.17 bits per heavy atom. The maximum Gasteiger partial charge on any atom is 0.131 e. The number of rotatable bonds is 8. The van der Waals surface area contributed by atoms with E-state index in [0.717, 1.165) is 36.2 Å². The quantitative estimate of drug-likeness (QED) is 0.701. The van der Waals surface area contributed by atoms with Gasteiger partial charge in [0, 0.05) is 12.1 Å². The molecule has 5 nitrogen and oxygen atoms in total. The maximum absolute atomic E-state index is 5.88. The minimum atomic E-state index is 0.240. The second-order valence-corrected chi connectivity index (χ2v) is 5.58. The highest BCUT2D eigenvalue weighted by molar-refractivity contribution is 5.39. The molecule has 0 amide bonds. The second kappa shape index (κ2) is 6.48. The van der Waals surface area contributed by atoms with E-state index in [-0.39, 0.29) is 12.2 Å². The van der Waals surface area contributed by atoms with Crippen LogP contribution in [0.1, 0.15) is 0 Å². The van der Waals surface area contributed by atoms with E-state index >= 15 is 0 Å². The van der Waals surface area contributed by atoms with Crippen LogP contribution in [0.2, 0.25) is 0 Å². The largest absolute Gasteiger partial charge is 0.491 e. The van der Waals surface area contributed by atoms with Gasteiger partial charge in [-0.05, 0) is 24.3 Å². The molecular formula is C18H18O5. The van der Waals surface area contributed by atoms with Gasteiger partial charge in [-0.15, -0.1) is 0 Å². The van der Waals surface area contributed by atoms with Crippen LogP contribution in [0.5, 0.6) is 23.0 Å². The van der Waals surface area contributed by atoms with Crippen molar-refractivity contribution in [3.63, 3.8) is 0 Å². The first-order valence-corrected chi connectivity index (χ1v) is 7.72. The smallest absolute Gasteiger partial charge is 0.131 e. The summed E-state index contributed by atoms with van der Waals surface area (Å²) in [6.07, 6.45) is 0.479. The van der Waals surface area contributed by atoms with Crippen molar-refractivity contribution >= 4 is 0 Å². The molecule has 2 atom stereocenters. The van der Waals surface area contributed by atoms with Crippen LogP contribution in [0.25, 0.3) is 0 Å². The summed E-state index contributed by atoms with van der Waals surface area (Å²) in [6, 6.07) is 15.2. The fourth-order valence-corrected chi connectivity index (χ4v) is 2.10. The summed E-state index contributed by atoms with van der Waals surface area (Å²) < 4.78 is 27.5. The van der Waals surface area contributed by atoms with E-state index in [1.165, 1.54) is 0 Å². The Labute approximate surface area is 134 Å². The van der Waals surface area contributed by atoms with E-state index < -0.39 is 0 Å². The molecular weight excluding hydrogens is 296 g/mol. The van der Waals surface area contributed by atoms with Crippen LogP contribution in [0, 0.1) is 0 Å². The molecule has 0 radical (unpaired) electrons. The lowest BCUT2D eigenvalue weighted by molar-refractivity contribution is 0.261. The van der Waals surface area contributed by atoms with E-state index in [9.17, 15) is 0 Å². The average Bonchev–Trinajstić information content (AvgIpc) is 3.47. The molecule has 0 saturated carbocycles. The number of hydrogen-bond donors (Lipinski definition) is 0. The molecule has 4 rings (SSSR count). The zero-order valence-corrected chi connectivity index (χ0v) is 12.6. The zero-order chi connectivity index (χ0) is 15.5. The molecule has 0 aromatic heterocycles. The van der Waals surface area contributed by atoms with Crippen LogP contribution >= 0.6 is 0 Å². The lowest BCUT2D eigenvalue weighted by Crippen LogP contribution is -2.04. The van der Waals surface area contributed by atoms with Crippen molar-refractivity contribution in [2.75, 3.05) is 26.4 Å². The van der Waals surface area contributed by atoms with Gasteiger partial charge in [-0.2, -0.15) is 0 Å². The average molecular weight is 314 g/mol. The van der Waals surface area contributed by atoms with Crippen molar-refractivity contribution in [1.82, 2.24) is 0 Å². The third-order valence-corrected chi connectivity index (χ3v) is 3.52. The molecule has 0 bridgehead atoms. The number of ether oxygens (including phenoxy) is 5. The first-order chi connectivity index (χ1) is 11.3. The Hall–Kier alpha value is -2.24. The van der Waals surface area contributed by atoms with Gasteiger partial charge >= 0.3 is 0 Å². The molecule has 2 fully saturated rings. The zero-order valence-electron chi connectivity index (χ0n) is 12.6. The summed E-state index contributed by atoms with van der Waals surface area (Å²) in [5, 5.41) is 0. The molecule has 2 aliphatic heterocycles. The summed E-state index contributed by atoms with van der Waals surface area (Å²) in [6.45, 7) is 2.73. The molecule has 2 aromatic carbocycles. The molecule has 2 unspecified atom stereocenters. The maximum atomic E-state index is 5.88. The van der Waals surface area contributed by atoms with Crippen molar-refractivity contribution in [2.45, 2.75) is 12.2 Å². The van der Waals surface area contributed by atoms with Crippen molar-refractivity contribution in [3.05, 3.63) is 48.5 Å². The standard InChI is InChI=1S/C18H18O5/c1-3-13(19-9-17-11-21-17)7-15(5-1)23-16-6-2-4-14(8-16)20-10-18-12-22-18/h1-8,17-18H,9-12H2. The van der Waals surface area contributed by atoms with Gasteiger partial charge in [0.25, 0.3) is 0 Å². The Morgan fingerprint density at radius 1 is 0.739 bits per heavy atom. The Morgan fingerprint density at radius 3 is 1.61 bits per heavy atom. The van der Waals surface area contributed by atoms with Crippen LogP contribution in [-0.4, -0.2) is 38.6 Å². The van der Waals surface area contributed by atoms with Crippen LogP contribution in [0.3, 0.4) is 0 Å². The van der Waals surface area contributed by atoms with Gasteiger partial charge in [-0.25, -0.2) is 0 Å². The normalized spacial score (nSPS) is 21.6. The van der Waals surface area contributed by atoms with Gasteiger partial charge in [-0.3, -0.25) is 0 Å². The highest BCUT2D eigenvalue weighted by Crippen LogP contribution is 2.28. The molecule has 0 aliphatic carbocycles. The SMILES string of the molecule is c1cc(OCC2CO2)cc(Oc2cccc(OCC3CO3)c2)c1. The van der Waals surface area contributed by atoms with Crippen molar-refractivity contribution < 1.29 is 23.7 Å². The molecule has 120 valence electrons. The van der Waals surface area contributed by atoms with Crippen LogP contribution in [0.4, 0.5) is 0 Å². The van der Waals surface area contributed by atoms with E-state index in [0.29, 0.717) is 13.2 Å². The number of hydrogen-bond acceptors (Lipinski definition) is 5. The summed E-state index contributed by atoms with van der Waals surface area (Å²) in [5.41, 5.74) is 0. The number of benzene rings is 2. The summed E-state index contributed by atoms with van der Waals surface area (Å²) >= 11 is 0. The molecule has 0 spiro atoms. The van der Waals surface area contributed by atoms with Gasteiger partial charge in [0.15, 0.2) is 0 Å². The lowest BCUT2D eigenvalue weighted by atomic mass is 10.3. The van der Waals surface area contributed by atoms with Crippen molar-refractivity contribution in [3.8, 4) is 23.0 Å². The van der Waals surface area contributed by atoms with Crippen molar-refractivity contribution in [2.24, 2.45) is 0 Å². The van der Waals surface area contributed by atoms with E-state index in [2.05, 4.69) is 0 Å². The summed E-state index contributed by atoms with van der Waals surface area (Å²) in [7, 11) is 0. The molecule has 23 heavy (non-hydrogen) atoms. The summed E-state index contributed by atoms with van der Waals surface area (Å²) in [5.74, 6) is 3.00. The molecule has 2 saturated heterocycles.